The van der Waals surface area contributed by atoms with Crippen LogP contribution in [0.25, 0.3) is 0 Å². The van der Waals surface area contributed by atoms with Crippen LogP contribution in [0.1, 0.15) is 0 Å². The van der Waals surface area contributed by atoms with Crippen molar-refractivity contribution in [3.05, 3.63) is 10.6 Å². The summed E-state index contributed by atoms with van der Waals surface area (Å²) >= 11 is 11.1. The highest BCUT2D eigenvalue weighted by Gasteiger charge is 2.10. The van der Waals surface area contributed by atoms with Gasteiger partial charge in [0.05, 0.1) is 19.3 Å². The number of nitrogens with zero attached hydrogens (tertiary/aromatic N) is 3. The molecule has 1 atom stereocenters. The summed E-state index contributed by atoms with van der Waals surface area (Å²) in [5, 5.41) is 11.8. The first-order valence-corrected chi connectivity index (χ1v) is 4.84. The zero-order valence-electron chi connectivity index (χ0n) is 7.94. The summed E-state index contributed by atoms with van der Waals surface area (Å²) in [5.41, 5.74) is 0. The smallest absolute Gasteiger partial charge is 0.228 e. The molecule has 2 N–H and O–H groups in total. The number of nitrogens with one attached hydrogen (secondary N) is 1. The van der Waals surface area contributed by atoms with Gasteiger partial charge in [0.25, 0.3) is 0 Å². The van der Waals surface area contributed by atoms with Gasteiger partial charge in [0.1, 0.15) is 0 Å². The molecule has 15 heavy (non-hydrogen) atoms. The molecule has 0 fully saturated rings. The molecule has 84 valence electrons. The molecular formula is C7H10Cl2N4O2. The molecule has 1 heterocycles. The van der Waals surface area contributed by atoms with E-state index in [1.165, 1.54) is 7.11 Å². The van der Waals surface area contributed by atoms with Crippen LogP contribution in [0.2, 0.25) is 10.6 Å². The standard InChI is InChI=1S/C7H10Cl2N4O2/c1-15-3-4(2-14)10-7-12-5(8)11-6(9)13-7/h4,14H,2-3H2,1H3,(H,10,11,12,13). The first kappa shape index (κ1) is 12.4. The Kier molecular flexibility index (Phi) is 4.97. The third-order valence-electron chi connectivity index (χ3n) is 1.50. The van der Waals surface area contributed by atoms with Gasteiger partial charge in [-0.25, -0.2) is 0 Å². The van der Waals surface area contributed by atoms with E-state index in [2.05, 4.69) is 20.3 Å². The summed E-state index contributed by atoms with van der Waals surface area (Å²) in [7, 11) is 1.53. The number of hydrogen-bond donors (Lipinski definition) is 2. The minimum absolute atomic E-state index is 0.00777. The minimum atomic E-state index is -0.315. The summed E-state index contributed by atoms with van der Waals surface area (Å²) in [4.78, 5) is 11.2. The molecule has 0 bridgehead atoms. The van der Waals surface area contributed by atoms with Crippen LogP contribution in [0.15, 0.2) is 0 Å². The summed E-state index contributed by atoms with van der Waals surface area (Å²) in [6.07, 6.45) is 0. The Balaban J connectivity index is 2.69. The molecule has 6 nitrogen and oxygen atoms in total. The molecular weight excluding hydrogens is 243 g/mol. The number of aromatic nitrogens is 3. The van der Waals surface area contributed by atoms with E-state index in [1.807, 2.05) is 0 Å². The van der Waals surface area contributed by atoms with Crippen LogP contribution in [0.4, 0.5) is 5.95 Å². The fourth-order valence-corrected chi connectivity index (χ4v) is 1.28. The molecule has 1 aromatic rings. The normalized spacial score (nSPS) is 12.5. The van der Waals surface area contributed by atoms with Gasteiger partial charge in [-0.15, -0.1) is 0 Å². The van der Waals surface area contributed by atoms with Gasteiger partial charge >= 0.3 is 0 Å². The van der Waals surface area contributed by atoms with Crippen LogP contribution in [-0.4, -0.2) is 46.4 Å². The van der Waals surface area contributed by atoms with Crippen LogP contribution >= 0.6 is 23.2 Å². The van der Waals surface area contributed by atoms with Gasteiger partial charge in [0, 0.05) is 7.11 Å². The maximum atomic E-state index is 8.98. The summed E-state index contributed by atoms with van der Waals surface area (Å²) < 4.78 is 4.87. The number of aliphatic hydroxyl groups is 1. The lowest BCUT2D eigenvalue weighted by molar-refractivity contribution is 0.153. The molecule has 1 aromatic heterocycles. The van der Waals surface area contributed by atoms with Crippen molar-refractivity contribution in [3.63, 3.8) is 0 Å². The maximum Gasteiger partial charge on any atom is 0.228 e. The third-order valence-corrected chi connectivity index (χ3v) is 1.84. The predicted octanol–water partition coefficient (Wildman–Crippen LogP) is 0.598. The second kappa shape index (κ2) is 6.02. The van der Waals surface area contributed by atoms with E-state index in [-0.39, 0.29) is 29.2 Å². The van der Waals surface area contributed by atoms with Crippen molar-refractivity contribution < 1.29 is 9.84 Å². The molecule has 1 rings (SSSR count). The number of methoxy groups -OCH3 is 1. The van der Waals surface area contributed by atoms with Crippen molar-refractivity contribution in [3.8, 4) is 0 Å². The van der Waals surface area contributed by atoms with Crippen molar-refractivity contribution in [2.75, 3.05) is 25.6 Å². The third kappa shape index (κ3) is 4.13. The van der Waals surface area contributed by atoms with E-state index in [1.54, 1.807) is 0 Å². The topological polar surface area (TPSA) is 80.2 Å². The number of halogens is 2. The second-order valence-electron chi connectivity index (χ2n) is 2.68. The fourth-order valence-electron chi connectivity index (χ4n) is 0.914. The number of hydrogen-bond acceptors (Lipinski definition) is 6. The highest BCUT2D eigenvalue weighted by Crippen LogP contribution is 2.10. The zero-order valence-corrected chi connectivity index (χ0v) is 9.46. The lowest BCUT2D eigenvalue weighted by atomic mass is 10.3. The van der Waals surface area contributed by atoms with Crippen LogP contribution in [-0.2, 0) is 4.74 Å². The molecule has 0 saturated carbocycles. The predicted molar refractivity (Wildman–Crippen MR) is 56.2 cm³/mol. The fraction of sp³-hybridized carbons (Fsp3) is 0.571. The van der Waals surface area contributed by atoms with Gasteiger partial charge in [-0.1, -0.05) is 0 Å². The van der Waals surface area contributed by atoms with Crippen LogP contribution in [0.5, 0.6) is 0 Å². The molecule has 0 aliphatic carbocycles. The van der Waals surface area contributed by atoms with Gasteiger partial charge < -0.3 is 15.2 Å². The Morgan fingerprint density at radius 3 is 2.40 bits per heavy atom. The lowest BCUT2D eigenvalue weighted by Gasteiger charge is -2.14. The van der Waals surface area contributed by atoms with Crippen molar-refractivity contribution in [1.82, 2.24) is 15.0 Å². The highest BCUT2D eigenvalue weighted by molar-refractivity contribution is 6.31. The van der Waals surface area contributed by atoms with Crippen molar-refractivity contribution in [2.24, 2.45) is 0 Å². The highest BCUT2D eigenvalue weighted by atomic mass is 35.5. The Bertz CT molecular complexity index is 306. The first-order chi connectivity index (χ1) is 7.15. The molecule has 0 aromatic carbocycles. The molecule has 1 unspecified atom stereocenters. The van der Waals surface area contributed by atoms with Gasteiger partial charge in [-0.3, -0.25) is 0 Å². The SMILES string of the molecule is COCC(CO)Nc1nc(Cl)nc(Cl)n1. The summed E-state index contributed by atoms with van der Waals surface area (Å²) in [5.74, 6) is 0.205. The molecule has 0 amide bonds. The number of ether oxygens (including phenoxy) is 1. The quantitative estimate of drug-likeness (QED) is 0.799. The Hall–Kier alpha value is -0.690. The lowest BCUT2D eigenvalue weighted by Crippen LogP contribution is -2.29. The Morgan fingerprint density at radius 2 is 1.93 bits per heavy atom. The Labute approximate surface area is 96.6 Å². The average molecular weight is 253 g/mol. The van der Waals surface area contributed by atoms with Crippen LogP contribution in [0, 0.1) is 0 Å². The minimum Gasteiger partial charge on any atom is -0.394 e. The van der Waals surface area contributed by atoms with Crippen LogP contribution < -0.4 is 5.32 Å². The van der Waals surface area contributed by atoms with E-state index in [9.17, 15) is 0 Å². The van der Waals surface area contributed by atoms with Gasteiger partial charge in [-0.05, 0) is 23.2 Å². The average Bonchev–Trinajstić information content (AvgIpc) is 2.15. The molecule has 0 aliphatic heterocycles. The molecule has 0 saturated heterocycles. The molecule has 0 radical (unpaired) electrons. The molecule has 0 aliphatic rings. The van der Waals surface area contributed by atoms with E-state index < -0.39 is 0 Å². The summed E-state index contributed by atoms with van der Waals surface area (Å²) in [6, 6.07) is -0.315. The number of rotatable bonds is 5. The second-order valence-corrected chi connectivity index (χ2v) is 3.35. The molecule has 0 spiro atoms. The first-order valence-electron chi connectivity index (χ1n) is 4.09. The van der Waals surface area contributed by atoms with E-state index in [0.29, 0.717) is 6.61 Å². The van der Waals surface area contributed by atoms with Crippen molar-refractivity contribution in [1.29, 1.82) is 0 Å². The maximum absolute atomic E-state index is 8.98. The monoisotopic (exact) mass is 252 g/mol. The van der Waals surface area contributed by atoms with Gasteiger partial charge in [-0.2, -0.15) is 15.0 Å². The van der Waals surface area contributed by atoms with E-state index in [0.717, 1.165) is 0 Å². The van der Waals surface area contributed by atoms with Crippen molar-refractivity contribution >= 4 is 29.2 Å². The Morgan fingerprint density at radius 1 is 1.33 bits per heavy atom. The largest absolute Gasteiger partial charge is 0.394 e. The van der Waals surface area contributed by atoms with Gasteiger partial charge in [0.15, 0.2) is 0 Å². The number of aliphatic hydroxyl groups excluding tert-OH is 1. The zero-order chi connectivity index (χ0) is 11.3. The summed E-state index contributed by atoms with van der Waals surface area (Å²) in [6.45, 7) is 0.201. The van der Waals surface area contributed by atoms with Crippen molar-refractivity contribution in [2.45, 2.75) is 6.04 Å². The number of anilines is 1. The van der Waals surface area contributed by atoms with E-state index >= 15 is 0 Å². The van der Waals surface area contributed by atoms with Gasteiger partial charge in [0.2, 0.25) is 16.5 Å². The van der Waals surface area contributed by atoms with E-state index in [4.69, 9.17) is 33.0 Å². The molecule has 8 heteroatoms. The van der Waals surface area contributed by atoms with Crippen LogP contribution in [0.3, 0.4) is 0 Å².